The Kier molecular flexibility index (Phi) is 6.25. The van der Waals surface area contributed by atoms with Crippen LogP contribution in [0.5, 0.6) is 5.75 Å². The summed E-state index contributed by atoms with van der Waals surface area (Å²) in [5, 5.41) is 3.83. The summed E-state index contributed by atoms with van der Waals surface area (Å²) in [4.78, 5) is 17.2. The molecule has 8 heteroatoms. The lowest BCUT2D eigenvalue weighted by atomic mass is 10.0. The number of halogens is 3. The number of fused-ring (bicyclic) bond motifs is 2. The van der Waals surface area contributed by atoms with Crippen LogP contribution in [-0.4, -0.2) is 48.2 Å². The first kappa shape index (κ1) is 22.8. The van der Waals surface area contributed by atoms with Gasteiger partial charge in [0.25, 0.3) is 5.91 Å². The maximum atomic E-state index is 12.6. The number of H-pyrrole nitrogens is 1. The Labute approximate surface area is 196 Å². The number of hydrogen-bond donors (Lipinski definition) is 2. The van der Waals surface area contributed by atoms with Crippen molar-refractivity contribution in [2.45, 2.75) is 25.4 Å². The Morgan fingerprint density at radius 1 is 1.09 bits per heavy atom. The molecule has 1 amide bonds. The van der Waals surface area contributed by atoms with Crippen LogP contribution >= 0.6 is 0 Å². The van der Waals surface area contributed by atoms with Crippen LogP contribution in [0.3, 0.4) is 0 Å². The van der Waals surface area contributed by atoms with Gasteiger partial charge in [0.2, 0.25) is 0 Å². The molecule has 1 aliphatic carbocycles. The molecule has 34 heavy (non-hydrogen) atoms. The number of rotatable bonds is 7. The molecule has 0 bridgehead atoms. The second-order valence-corrected chi connectivity index (χ2v) is 9.53. The molecular weight excluding hydrogens is 443 g/mol. The fourth-order valence-corrected chi connectivity index (χ4v) is 5.56. The van der Waals surface area contributed by atoms with Crippen LogP contribution in [0.25, 0.3) is 10.9 Å². The monoisotopic (exact) mass is 471 g/mol. The number of ether oxygens (including phenoxy) is 1. The topological polar surface area (TPSA) is 57.4 Å². The zero-order chi connectivity index (χ0) is 23.7. The van der Waals surface area contributed by atoms with Crippen molar-refractivity contribution >= 4 is 22.5 Å². The number of aromatic nitrogens is 1. The van der Waals surface area contributed by atoms with Crippen LogP contribution in [0, 0.1) is 17.8 Å². The number of anilines is 1. The minimum atomic E-state index is -4.11. The van der Waals surface area contributed by atoms with Crippen LogP contribution in [0.15, 0.2) is 54.7 Å². The standard InChI is InChI=1S/C26H28F3N3O2/c27-26(28,29)16-32-14-19-10-17(11-20(19)15-32)8-9-34-21-6-7-23-22(12-21)24(13-30-23)31-25(33)18-4-2-1-3-5-18/h1-7,12-13,17,19-20,30H,8-11,14-16H2,(H,31,33)/t17?,19-,20+. The Morgan fingerprint density at radius 2 is 1.82 bits per heavy atom. The molecule has 1 saturated carbocycles. The minimum Gasteiger partial charge on any atom is -0.494 e. The van der Waals surface area contributed by atoms with Gasteiger partial charge in [0.15, 0.2) is 0 Å². The van der Waals surface area contributed by atoms with Gasteiger partial charge in [-0.25, -0.2) is 0 Å². The maximum absolute atomic E-state index is 12.6. The summed E-state index contributed by atoms with van der Waals surface area (Å²) in [7, 11) is 0. The quantitative estimate of drug-likeness (QED) is 0.464. The minimum absolute atomic E-state index is 0.173. The van der Waals surface area contributed by atoms with Crippen LogP contribution in [-0.2, 0) is 0 Å². The number of likely N-dealkylation sites (tertiary alicyclic amines) is 1. The molecule has 180 valence electrons. The molecule has 3 aromatic rings. The molecule has 1 unspecified atom stereocenters. The van der Waals surface area contributed by atoms with Crippen molar-refractivity contribution in [3.63, 3.8) is 0 Å². The lowest BCUT2D eigenvalue weighted by Crippen LogP contribution is -2.33. The van der Waals surface area contributed by atoms with Gasteiger partial charge < -0.3 is 15.0 Å². The van der Waals surface area contributed by atoms with Gasteiger partial charge in [-0.15, -0.1) is 0 Å². The second-order valence-electron chi connectivity index (χ2n) is 9.53. The van der Waals surface area contributed by atoms with Crippen LogP contribution < -0.4 is 10.1 Å². The number of hydrogen-bond acceptors (Lipinski definition) is 3. The van der Waals surface area contributed by atoms with Gasteiger partial charge in [0, 0.05) is 35.8 Å². The molecule has 5 nitrogen and oxygen atoms in total. The van der Waals surface area contributed by atoms with E-state index >= 15 is 0 Å². The van der Waals surface area contributed by atoms with Gasteiger partial charge in [0.1, 0.15) is 5.75 Å². The first-order chi connectivity index (χ1) is 16.3. The highest BCUT2D eigenvalue weighted by Crippen LogP contribution is 2.43. The molecule has 2 heterocycles. The largest absolute Gasteiger partial charge is 0.494 e. The normalized spacial score (nSPS) is 22.7. The summed E-state index contributed by atoms with van der Waals surface area (Å²) in [6, 6.07) is 14.8. The van der Waals surface area contributed by atoms with E-state index < -0.39 is 12.7 Å². The molecule has 2 N–H and O–H groups in total. The lowest BCUT2D eigenvalue weighted by molar-refractivity contribution is -0.144. The van der Waals surface area contributed by atoms with E-state index in [1.54, 1.807) is 23.2 Å². The first-order valence-electron chi connectivity index (χ1n) is 11.7. The lowest BCUT2D eigenvalue weighted by Gasteiger charge is -2.20. The van der Waals surface area contributed by atoms with E-state index in [9.17, 15) is 18.0 Å². The van der Waals surface area contributed by atoms with E-state index in [1.165, 1.54) is 0 Å². The van der Waals surface area contributed by atoms with E-state index in [2.05, 4.69) is 10.3 Å². The third kappa shape index (κ3) is 5.22. The summed E-state index contributed by atoms with van der Waals surface area (Å²) < 4.78 is 44.0. The van der Waals surface area contributed by atoms with Gasteiger partial charge in [-0.05, 0) is 67.3 Å². The van der Waals surface area contributed by atoms with E-state index in [-0.39, 0.29) is 5.91 Å². The number of carbonyl (C=O) groups is 1. The molecule has 5 rings (SSSR count). The maximum Gasteiger partial charge on any atom is 0.401 e. The summed E-state index contributed by atoms with van der Waals surface area (Å²) in [5.74, 6) is 1.81. The Morgan fingerprint density at radius 3 is 2.53 bits per heavy atom. The predicted octanol–water partition coefficient (Wildman–Crippen LogP) is 5.71. The number of carbonyl (C=O) groups excluding carboxylic acids is 1. The summed E-state index contributed by atoms with van der Waals surface area (Å²) in [5.41, 5.74) is 2.19. The van der Waals surface area contributed by atoms with E-state index in [0.717, 1.165) is 35.9 Å². The molecule has 3 atom stereocenters. The van der Waals surface area contributed by atoms with Gasteiger partial charge in [-0.1, -0.05) is 18.2 Å². The number of benzene rings is 2. The van der Waals surface area contributed by atoms with E-state index in [4.69, 9.17) is 4.74 Å². The second kappa shape index (κ2) is 9.33. The van der Waals surface area contributed by atoms with Crippen LogP contribution in [0.2, 0.25) is 0 Å². The van der Waals surface area contributed by atoms with Crippen molar-refractivity contribution in [1.29, 1.82) is 0 Å². The van der Waals surface area contributed by atoms with E-state index in [0.29, 0.717) is 48.7 Å². The molecule has 0 spiro atoms. The van der Waals surface area contributed by atoms with Gasteiger partial charge >= 0.3 is 6.18 Å². The molecule has 1 aromatic heterocycles. The van der Waals surface area contributed by atoms with Crippen molar-refractivity contribution in [2.24, 2.45) is 17.8 Å². The molecule has 1 saturated heterocycles. The predicted molar refractivity (Wildman–Crippen MR) is 125 cm³/mol. The average Bonchev–Trinajstić information content (AvgIpc) is 3.46. The van der Waals surface area contributed by atoms with Crippen molar-refractivity contribution in [2.75, 3.05) is 31.6 Å². The fourth-order valence-electron chi connectivity index (χ4n) is 5.56. The third-order valence-electron chi connectivity index (χ3n) is 7.06. The van der Waals surface area contributed by atoms with Crippen LogP contribution in [0.1, 0.15) is 29.6 Å². The average molecular weight is 472 g/mol. The van der Waals surface area contributed by atoms with Crippen molar-refractivity contribution < 1.29 is 22.7 Å². The number of alkyl halides is 3. The van der Waals surface area contributed by atoms with Gasteiger partial charge in [-0.3, -0.25) is 9.69 Å². The summed E-state index contributed by atoms with van der Waals surface area (Å²) >= 11 is 0. The van der Waals surface area contributed by atoms with E-state index in [1.807, 2.05) is 36.4 Å². The molecule has 2 fully saturated rings. The molecule has 1 aliphatic heterocycles. The zero-order valence-electron chi connectivity index (χ0n) is 18.8. The first-order valence-corrected chi connectivity index (χ1v) is 11.7. The number of nitrogens with one attached hydrogen (secondary N) is 2. The summed E-state index contributed by atoms with van der Waals surface area (Å²) in [6.07, 6.45) is 0.518. The van der Waals surface area contributed by atoms with Crippen LogP contribution in [0.4, 0.5) is 18.9 Å². The van der Waals surface area contributed by atoms with Crippen molar-refractivity contribution in [3.8, 4) is 5.75 Å². The SMILES string of the molecule is O=C(Nc1c[nH]c2ccc(OCCC3C[C@@H]4CN(CC(F)(F)F)C[C@@H]4C3)cc12)c1ccccc1. The van der Waals surface area contributed by atoms with Gasteiger partial charge in [0.05, 0.1) is 18.8 Å². The highest BCUT2D eigenvalue weighted by molar-refractivity contribution is 6.09. The zero-order valence-corrected chi connectivity index (χ0v) is 18.8. The van der Waals surface area contributed by atoms with Gasteiger partial charge in [-0.2, -0.15) is 13.2 Å². The Balaban J connectivity index is 1.13. The number of aromatic amines is 1. The number of nitrogens with zero attached hydrogens (tertiary/aromatic N) is 1. The molecular formula is C26H28F3N3O2. The highest BCUT2D eigenvalue weighted by atomic mass is 19.4. The van der Waals surface area contributed by atoms with Crippen molar-refractivity contribution in [1.82, 2.24) is 9.88 Å². The highest BCUT2D eigenvalue weighted by Gasteiger charge is 2.43. The third-order valence-corrected chi connectivity index (χ3v) is 7.06. The molecule has 2 aromatic carbocycles. The Bertz CT molecular complexity index is 1130. The summed E-state index contributed by atoms with van der Waals surface area (Å²) in [6.45, 7) is 0.896. The number of amides is 1. The Hall–Kier alpha value is -3.00. The fraction of sp³-hybridized carbons (Fsp3) is 0.423. The smallest absolute Gasteiger partial charge is 0.401 e. The molecule has 0 radical (unpaired) electrons. The van der Waals surface area contributed by atoms with Crippen molar-refractivity contribution in [3.05, 3.63) is 60.3 Å². The molecule has 2 aliphatic rings.